The van der Waals surface area contributed by atoms with Crippen LogP contribution in [0.1, 0.15) is 25.0 Å². The standard InChI is InChI=1S/C12H12BrF/c1-7(2)9-3-4-10-11(9)5-8(13)6-12(10)14/h3,5-7H,4H2,1-2H3. The predicted octanol–water partition coefficient (Wildman–Crippen LogP) is 4.18. The number of fused-ring (bicyclic) bond motifs is 1. The van der Waals surface area contributed by atoms with Gasteiger partial charge in [0.1, 0.15) is 5.82 Å². The van der Waals surface area contributed by atoms with Crippen molar-refractivity contribution in [1.82, 2.24) is 0 Å². The summed E-state index contributed by atoms with van der Waals surface area (Å²) in [7, 11) is 0. The monoisotopic (exact) mass is 254 g/mol. The molecule has 0 N–H and O–H groups in total. The van der Waals surface area contributed by atoms with Crippen molar-refractivity contribution in [2.24, 2.45) is 5.92 Å². The summed E-state index contributed by atoms with van der Waals surface area (Å²) in [6.07, 6.45) is 2.87. The smallest absolute Gasteiger partial charge is 0.128 e. The maximum Gasteiger partial charge on any atom is 0.128 e. The third kappa shape index (κ3) is 1.52. The maximum atomic E-state index is 13.5. The van der Waals surface area contributed by atoms with Crippen LogP contribution in [0.3, 0.4) is 0 Å². The number of allylic oxidation sites excluding steroid dienone is 2. The summed E-state index contributed by atoms with van der Waals surface area (Å²) in [5, 5.41) is 0. The molecule has 0 spiro atoms. The van der Waals surface area contributed by atoms with Gasteiger partial charge < -0.3 is 0 Å². The first-order chi connectivity index (χ1) is 6.59. The second kappa shape index (κ2) is 3.50. The lowest BCUT2D eigenvalue weighted by Crippen LogP contribution is -1.94. The van der Waals surface area contributed by atoms with Crippen LogP contribution in [-0.4, -0.2) is 0 Å². The fourth-order valence-corrected chi connectivity index (χ4v) is 2.37. The van der Waals surface area contributed by atoms with E-state index in [1.807, 2.05) is 6.07 Å². The van der Waals surface area contributed by atoms with Gasteiger partial charge in [-0.3, -0.25) is 0 Å². The summed E-state index contributed by atoms with van der Waals surface area (Å²) in [5.41, 5.74) is 3.18. The van der Waals surface area contributed by atoms with Gasteiger partial charge in [0.15, 0.2) is 0 Å². The molecular formula is C12H12BrF. The summed E-state index contributed by atoms with van der Waals surface area (Å²) in [6.45, 7) is 4.28. The molecule has 14 heavy (non-hydrogen) atoms. The van der Waals surface area contributed by atoms with Gasteiger partial charge in [0.05, 0.1) is 0 Å². The first kappa shape index (κ1) is 9.91. The van der Waals surface area contributed by atoms with E-state index in [9.17, 15) is 4.39 Å². The second-order valence-corrected chi connectivity index (χ2v) is 4.85. The number of hydrogen-bond donors (Lipinski definition) is 0. The van der Waals surface area contributed by atoms with Crippen molar-refractivity contribution in [2.45, 2.75) is 20.3 Å². The first-order valence-electron chi connectivity index (χ1n) is 4.78. The Hall–Kier alpha value is -0.630. The molecule has 0 unspecified atom stereocenters. The van der Waals surface area contributed by atoms with E-state index in [0.717, 1.165) is 22.0 Å². The highest BCUT2D eigenvalue weighted by molar-refractivity contribution is 9.10. The van der Waals surface area contributed by atoms with Crippen molar-refractivity contribution < 1.29 is 4.39 Å². The van der Waals surface area contributed by atoms with Crippen LogP contribution in [0.25, 0.3) is 5.57 Å². The fourth-order valence-electron chi connectivity index (χ4n) is 1.94. The summed E-state index contributed by atoms with van der Waals surface area (Å²) in [5.74, 6) is 0.367. The molecule has 0 aliphatic heterocycles. The van der Waals surface area contributed by atoms with Crippen LogP contribution in [0.15, 0.2) is 22.7 Å². The molecule has 0 bridgehead atoms. The molecule has 2 heteroatoms. The number of hydrogen-bond acceptors (Lipinski definition) is 0. The highest BCUT2D eigenvalue weighted by Gasteiger charge is 2.20. The molecule has 1 aromatic carbocycles. The highest BCUT2D eigenvalue weighted by Crippen LogP contribution is 2.35. The van der Waals surface area contributed by atoms with Crippen molar-refractivity contribution >= 4 is 21.5 Å². The Labute approximate surface area is 92.0 Å². The zero-order chi connectivity index (χ0) is 10.3. The molecule has 0 saturated heterocycles. The van der Waals surface area contributed by atoms with Crippen LogP contribution in [0.5, 0.6) is 0 Å². The molecule has 1 aromatic rings. The van der Waals surface area contributed by atoms with Gasteiger partial charge in [0.25, 0.3) is 0 Å². The number of halogens is 2. The molecule has 1 aliphatic carbocycles. The largest absolute Gasteiger partial charge is 0.207 e. The number of benzene rings is 1. The van der Waals surface area contributed by atoms with Crippen LogP contribution in [0.4, 0.5) is 4.39 Å². The van der Waals surface area contributed by atoms with Crippen LogP contribution >= 0.6 is 15.9 Å². The van der Waals surface area contributed by atoms with Gasteiger partial charge in [-0.25, -0.2) is 4.39 Å². The van der Waals surface area contributed by atoms with Gasteiger partial charge in [0, 0.05) is 4.47 Å². The topological polar surface area (TPSA) is 0 Å². The van der Waals surface area contributed by atoms with Crippen LogP contribution in [0.2, 0.25) is 0 Å². The second-order valence-electron chi connectivity index (χ2n) is 3.93. The van der Waals surface area contributed by atoms with Crippen LogP contribution < -0.4 is 0 Å². The summed E-state index contributed by atoms with van der Waals surface area (Å²) in [4.78, 5) is 0. The van der Waals surface area contributed by atoms with Crippen LogP contribution in [-0.2, 0) is 6.42 Å². The van der Waals surface area contributed by atoms with Crippen molar-refractivity contribution in [1.29, 1.82) is 0 Å². The van der Waals surface area contributed by atoms with E-state index in [1.54, 1.807) is 0 Å². The summed E-state index contributed by atoms with van der Waals surface area (Å²) >= 11 is 3.33. The molecule has 0 nitrogen and oxygen atoms in total. The highest BCUT2D eigenvalue weighted by atomic mass is 79.9. The molecule has 0 aromatic heterocycles. The Kier molecular flexibility index (Phi) is 2.48. The van der Waals surface area contributed by atoms with E-state index in [2.05, 4.69) is 35.9 Å². The van der Waals surface area contributed by atoms with Crippen molar-refractivity contribution in [3.05, 3.63) is 39.6 Å². The van der Waals surface area contributed by atoms with E-state index in [1.165, 1.54) is 11.6 Å². The van der Waals surface area contributed by atoms with E-state index in [0.29, 0.717) is 5.92 Å². The Morgan fingerprint density at radius 3 is 2.71 bits per heavy atom. The van der Waals surface area contributed by atoms with Gasteiger partial charge >= 0.3 is 0 Å². The molecule has 74 valence electrons. The van der Waals surface area contributed by atoms with Crippen LogP contribution in [0, 0.1) is 11.7 Å². The fraction of sp³-hybridized carbons (Fsp3) is 0.333. The Morgan fingerprint density at radius 1 is 1.36 bits per heavy atom. The first-order valence-corrected chi connectivity index (χ1v) is 5.57. The summed E-state index contributed by atoms with van der Waals surface area (Å²) in [6, 6.07) is 3.55. The Balaban J connectivity index is 2.55. The minimum Gasteiger partial charge on any atom is -0.207 e. The third-order valence-electron chi connectivity index (χ3n) is 2.62. The zero-order valence-corrected chi connectivity index (χ0v) is 9.86. The maximum absolute atomic E-state index is 13.5. The van der Waals surface area contributed by atoms with Gasteiger partial charge in [-0.05, 0) is 41.2 Å². The molecule has 0 heterocycles. The normalized spacial score (nSPS) is 14.5. The van der Waals surface area contributed by atoms with Crippen molar-refractivity contribution in [3.63, 3.8) is 0 Å². The van der Waals surface area contributed by atoms with Gasteiger partial charge in [0.2, 0.25) is 0 Å². The van der Waals surface area contributed by atoms with Gasteiger partial charge in [-0.2, -0.15) is 0 Å². The zero-order valence-electron chi connectivity index (χ0n) is 8.27. The van der Waals surface area contributed by atoms with E-state index < -0.39 is 0 Å². The molecule has 0 radical (unpaired) electrons. The summed E-state index contributed by atoms with van der Waals surface area (Å²) < 4.78 is 14.3. The lowest BCUT2D eigenvalue weighted by Gasteiger charge is -2.10. The molecule has 0 atom stereocenters. The van der Waals surface area contributed by atoms with Crippen molar-refractivity contribution in [2.75, 3.05) is 0 Å². The Morgan fingerprint density at radius 2 is 2.07 bits per heavy atom. The SMILES string of the molecule is CC(C)C1=CCc2c(F)cc(Br)cc21. The molecular weight excluding hydrogens is 243 g/mol. The van der Waals surface area contributed by atoms with Gasteiger partial charge in [-0.15, -0.1) is 0 Å². The molecule has 1 aliphatic rings. The minimum absolute atomic E-state index is 0.0960. The van der Waals surface area contributed by atoms with E-state index in [4.69, 9.17) is 0 Å². The van der Waals surface area contributed by atoms with E-state index >= 15 is 0 Å². The van der Waals surface area contributed by atoms with Gasteiger partial charge in [-0.1, -0.05) is 35.9 Å². The molecule has 0 saturated carbocycles. The van der Waals surface area contributed by atoms with Crippen molar-refractivity contribution in [3.8, 4) is 0 Å². The molecule has 0 fully saturated rings. The number of rotatable bonds is 1. The third-order valence-corrected chi connectivity index (χ3v) is 3.08. The average molecular weight is 255 g/mol. The lowest BCUT2D eigenvalue weighted by molar-refractivity contribution is 0.614. The molecule has 2 rings (SSSR count). The minimum atomic E-state index is -0.0960. The average Bonchev–Trinajstić information content (AvgIpc) is 2.47. The molecule has 0 amide bonds. The Bertz CT molecular complexity index is 405. The lowest BCUT2D eigenvalue weighted by atomic mass is 9.97. The quantitative estimate of drug-likeness (QED) is 0.706. The van der Waals surface area contributed by atoms with E-state index in [-0.39, 0.29) is 5.82 Å². The predicted molar refractivity (Wildman–Crippen MR) is 60.6 cm³/mol.